The van der Waals surface area contributed by atoms with Gasteiger partial charge in [0.25, 0.3) is 0 Å². The summed E-state index contributed by atoms with van der Waals surface area (Å²) in [4.78, 5) is 0. The molecule has 0 aliphatic heterocycles. The molecule has 2 aliphatic carbocycles. The molecule has 0 fully saturated rings. The second-order valence-corrected chi connectivity index (χ2v) is 11.1. The van der Waals surface area contributed by atoms with Gasteiger partial charge in [-0.1, -0.05) is 36.4 Å². The minimum absolute atomic E-state index is 0.336. The number of benzene rings is 2. The van der Waals surface area contributed by atoms with Crippen molar-refractivity contribution in [1.29, 1.82) is 0 Å². The average Bonchev–Trinajstić information content (AvgIpc) is 2.77. The van der Waals surface area contributed by atoms with Crippen LogP contribution in [0.25, 0.3) is 5.57 Å². The normalized spacial score (nSPS) is 16.6. The van der Waals surface area contributed by atoms with Crippen LogP contribution in [0.1, 0.15) is 56.7 Å². The van der Waals surface area contributed by atoms with Crippen molar-refractivity contribution in [2.24, 2.45) is 0 Å². The fourth-order valence-corrected chi connectivity index (χ4v) is 4.75. The molecular weight excluding hydrogens is 477 g/mol. The van der Waals surface area contributed by atoms with Gasteiger partial charge in [-0.3, -0.25) is 0 Å². The van der Waals surface area contributed by atoms with E-state index in [2.05, 4.69) is 22.4 Å². The number of allylic oxidation sites excluding steroid dienone is 5. The van der Waals surface area contributed by atoms with Gasteiger partial charge >= 0.3 is 15.6 Å². The number of halogens is 3. The van der Waals surface area contributed by atoms with Crippen molar-refractivity contribution in [1.82, 2.24) is 0 Å². The first-order valence-electron chi connectivity index (χ1n) is 11.4. The molecule has 186 valence electrons. The number of fused-ring (bicyclic) bond motifs is 1. The lowest BCUT2D eigenvalue weighted by molar-refractivity contribution is -0.0500. The summed E-state index contributed by atoms with van der Waals surface area (Å²) in [7, 11) is -5.73. The van der Waals surface area contributed by atoms with Gasteiger partial charge in [0.05, 0.1) is 0 Å². The van der Waals surface area contributed by atoms with Crippen LogP contribution in [0, 0.1) is 0 Å². The highest BCUT2D eigenvalue weighted by atomic mass is 32.2. The summed E-state index contributed by atoms with van der Waals surface area (Å²) in [5, 5.41) is 0. The average molecular weight is 505 g/mol. The molecule has 0 atom stereocenters. The first-order chi connectivity index (χ1) is 16.3. The molecule has 2 aromatic carbocycles. The van der Waals surface area contributed by atoms with Crippen molar-refractivity contribution >= 4 is 15.7 Å². The molecule has 0 unspecified atom stereocenters. The van der Waals surface area contributed by atoms with Gasteiger partial charge in [0.15, 0.2) is 0 Å². The largest absolute Gasteiger partial charge is 0.534 e. The fraction of sp³-hybridized carbons (Fsp3) is 0.333. The van der Waals surface area contributed by atoms with Crippen molar-refractivity contribution in [2.75, 3.05) is 0 Å². The molecule has 0 amide bonds. The van der Waals surface area contributed by atoms with Crippen molar-refractivity contribution in [3.63, 3.8) is 0 Å². The molecule has 0 heterocycles. The molecule has 0 aromatic heterocycles. The molecule has 0 N–H and O–H groups in total. The second kappa shape index (κ2) is 9.22. The maximum absolute atomic E-state index is 12.7. The van der Waals surface area contributed by atoms with Gasteiger partial charge in [0.2, 0.25) is 0 Å². The third kappa shape index (κ3) is 5.64. The number of aryl methyl sites for hydroxylation is 1. The van der Waals surface area contributed by atoms with Crippen LogP contribution >= 0.6 is 0 Å². The number of hydrogen-bond donors (Lipinski definition) is 0. The zero-order valence-electron chi connectivity index (χ0n) is 19.8. The fourth-order valence-electron chi connectivity index (χ4n) is 4.29. The Morgan fingerprint density at radius 1 is 0.886 bits per heavy atom. The molecule has 8 heteroatoms. The Balaban J connectivity index is 1.77. The third-order valence-corrected chi connectivity index (χ3v) is 6.67. The topological polar surface area (TPSA) is 52.6 Å². The molecule has 2 aliphatic rings. The van der Waals surface area contributed by atoms with Crippen molar-refractivity contribution in [3.8, 4) is 11.5 Å². The van der Waals surface area contributed by atoms with Crippen LogP contribution in [0.4, 0.5) is 13.2 Å². The summed E-state index contributed by atoms with van der Waals surface area (Å²) in [6.45, 7) is 5.96. The molecule has 2 aromatic rings. The Morgan fingerprint density at radius 2 is 1.57 bits per heavy atom. The summed E-state index contributed by atoms with van der Waals surface area (Å²) in [6.07, 6.45) is 9.98. The Morgan fingerprint density at radius 3 is 2.17 bits per heavy atom. The summed E-state index contributed by atoms with van der Waals surface area (Å²) < 4.78 is 71.2. The maximum Gasteiger partial charge on any atom is 0.534 e. The van der Waals surface area contributed by atoms with E-state index in [0.29, 0.717) is 0 Å². The van der Waals surface area contributed by atoms with Crippen LogP contribution < -0.4 is 8.92 Å². The minimum atomic E-state index is -5.73. The van der Waals surface area contributed by atoms with E-state index in [4.69, 9.17) is 4.74 Å². The van der Waals surface area contributed by atoms with Crippen LogP contribution in [0.2, 0.25) is 0 Å². The van der Waals surface area contributed by atoms with Crippen molar-refractivity contribution in [2.45, 2.75) is 57.6 Å². The van der Waals surface area contributed by atoms with E-state index in [-0.39, 0.29) is 5.60 Å². The summed E-state index contributed by atoms with van der Waals surface area (Å²) in [5.41, 5.74) is 0.322. The number of ether oxygens (including phenoxy) is 1. The Labute approximate surface area is 203 Å². The van der Waals surface area contributed by atoms with Gasteiger partial charge in [-0.2, -0.15) is 21.6 Å². The van der Waals surface area contributed by atoms with Crippen LogP contribution in [0.3, 0.4) is 0 Å². The number of alkyl halides is 3. The highest BCUT2D eigenvalue weighted by Gasteiger charge is 2.48. The van der Waals surface area contributed by atoms with E-state index in [0.717, 1.165) is 64.8 Å². The van der Waals surface area contributed by atoms with Crippen molar-refractivity contribution < 1.29 is 30.5 Å². The predicted octanol–water partition coefficient (Wildman–Crippen LogP) is 7.12. The lowest BCUT2D eigenvalue weighted by Gasteiger charge is -2.27. The monoisotopic (exact) mass is 504 g/mol. The zero-order chi connectivity index (χ0) is 25.4. The number of hydrogen-bond acceptors (Lipinski definition) is 4. The first kappa shape index (κ1) is 25.1. The van der Waals surface area contributed by atoms with Gasteiger partial charge in [-0.25, -0.2) is 0 Å². The maximum atomic E-state index is 12.7. The van der Waals surface area contributed by atoms with Gasteiger partial charge in [-0.05, 0) is 104 Å². The molecule has 4 nitrogen and oxygen atoms in total. The first-order valence-corrected chi connectivity index (χ1v) is 12.8. The Hall–Kier alpha value is -3.00. The summed E-state index contributed by atoms with van der Waals surface area (Å²) in [5.74, 6) is 0.381. The third-order valence-electron chi connectivity index (χ3n) is 5.69. The Bertz CT molecular complexity index is 1310. The summed E-state index contributed by atoms with van der Waals surface area (Å²) in [6, 6.07) is 11.7. The minimum Gasteiger partial charge on any atom is -0.488 e. The van der Waals surface area contributed by atoms with Crippen LogP contribution in [0.15, 0.2) is 71.8 Å². The molecule has 4 rings (SSSR count). The SMILES string of the molecule is CC(C)(C)Oc1ccc2c(c1)CCC(C1=CCCC=C1)=C2c1ccc(OS(=O)(=O)C(F)(F)F)cc1. The quantitative estimate of drug-likeness (QED) is 0.321. The molecule has 0 bridgehead atoms. The molecule has 0 saturated carbocycles. The highest BCUT2D eigenvalue weighted by Crippen LogP contribution is 2.42. The van der Waals surface area contributed by atoms with Crippen LogP contribution in [-0.4, -0.2) is 19.5 Å². The summed E-state index contributed by atoms with van der Waals surface area (Å²) >= 11 is 0. The zero-order valence-corrected chi connectivity index (χ0v) is 20.6. The van der Waals surface area contributed by atoms with E-state index in [1.807, 2.05) is 39.0 Å². The van der Waals surface area contributed by atoms with Crippen LogP contribution in [-0.2, 0) is 16.5 Å². The van der Waals surface area contributed by atoms with Crippen LogP contribution in [0.5, 0.6) is 11.5 Å². The van der Waals surface area contributed by atoms with Gasteiger partial charge in [-0.15, -0.1) is 0 Å². The van der Waals surface area contributed by atoms with E-state index >= 15 is 0 Å². The lowest BCUT2D eigenvalue weighted by atomic mass is 9.78. The van der Waals surface area contributed by atoms with Gasteiger partial charge < -0.3 is 8.92 Å². The van der Waals surface area contributed by atoms with Gasteiger partial charge in [0.1, 0.15) is 17.1 Å². The molecular formula is C27H27F3O4S. The molecule has 0 spiro atoms. The lowest BCUT2D eigenvalue weighted by Crippen LogP contribution is -2.28. The highest BCUT2D eigenvalue weighted by molar-refractivity contribution is 7.88. The molecule has 0 saturated heterocycles. The van der Waals surface area contributed by atoms with Gasteiger partial charge in [0, 0.05) is 0 Å². The standard InChI is InChI=1S/C27H27F3O4S/c1-26(2,3)33-22-14-16-24-20(17-22)11-15-23(18-7-5-4-6-8-18)25(24)19-9-12-21(13-10-19)34-35(31,32)27(28,29)30/h5,7-10,12-14,16-17H,4,6,11,15H2,1-3H3. The van der Waals surface area contributed by atoms with E-state index in [1.165, 1.54) is 12.1 Å². The Kier molecular flexibility index (Phi) is 6.62. The predicted molar refractivity (Wildman–Crippen MR) is 130 cm³/mol. The second-order valence-electron chi connectivity index (χ2n) is 9.53. The molecule has 35 heavy (non-hydrogen) atoms. The van der Waals surface area contributed by atoms with E-state index < -0.39 is 21.4 Å². The van der Waals surface area contributed by atoms with E-state index in [1.54, 1.807) is 12.1 Å². The van der Waals surface area contributed by atoms with E-state index in [9.17, 15) is 21.6 Å². The smallest absolute Gasteiger partial charge is 0.488 e. The molecule has 0 radical (unpaired) electrons. The number of rotatable bonds is 5. The van der Waals surface area contributed by atoms with Crippen molar-refractivity contribution in [3.05, 3.63) is 88.5 Å².